The Hall–Kier alpha value is -1.76. The molecule has 1 heterocycles. The molecule has 4 nitrogen and oxygen atoms in total. The van der Waals surface area contributed by atoms with Gasteiger partial charge in [0.25, 0.3) is 0 Å². The minimum Gasteiger partial charge on any atom is -0.486 e. The summed E-state index contributed by atoms with van der Waals surface area (Å²) >= 11 is 0. The Labute approximate surface area is 76.0 Å². The molecule has 0 bridgehead atoms. The zero-order chi connectivity index (χ0) is 9.26. The number of fused-ring (bicyclic) bond motifs is 1. The van der Waals surface area contributed by atoms with Gasteiger partial charge in [0.15, 0.2) is 0 Å². The van der Waals surface area contributed by atoms with Crippen molar-refractivity contribution in [3.05, 3.63) is 12.1 Å². The fraction of sp³-hybridized carbons (Fsp3) is 0.333. The number of methoxy groups -OCH3 is 2. The summed E-state index contributed by atoms with van der Waals surface area (Å²) in [7, 11) is 3.07. The lowest BCUT2D eigenvalue weighted by Crippen LogP contribution is -1.94. The van der Waals surface area contributed by atoms with Gasteiger partial charge < -0.3 is 18.9 Å². The third-order valence-corrected chi connectivity index (χ3v) is 1.72. The molecule has 4 heteroatoms. The molecule has 2 rings (SSSR count). The first kappa shape index (κ1) is 7.87. The molecule has 68 valence electrons. The third-order valence-electron chi connectivity index (χ3n) is 1.72. The molecule has 0 aliphatic carbocycles. The van der Waals surface area contributed by atoms with Gasteiger partial charge >= 0.3 is 0 Å². The maximum atomic E-state index is 5.18. The molecule has 0 amide bonds. The van der Waals surface area contributed by atoms with Crippen LogP contribution in [0.5, 0.6) is 23.0 Å². The summed E-state index contributed by atoms with van der Waals surface area (Å²) in [5.41, 5.74) is 0. The van der Waals surface area contributed by atoms with Crippen LogP contribution in [0, 0.1) is 12.1 Å². The average molecular weight is 180 g/mol. The minimum absolute atomic E-state index is 0.174. The molecule has 0 spiro atoms. The molecule has 0 N–H and O–H groups in total. The SMILES string of the molecule is COc1c#cc(OC)c2c1OCO2. The van der Waals surface area contributed by atoms with Crippen molar-refractivity contribution in [2.45, 2.75) is 0 Å². The second kappa shape index (κ2) is 2.94. The fourth-order valence-corrected chi connectivity index (χ4v) is 1.13. The lowest BCUT2D eigenvalue weighted by atomic mass is 10.3. The molecular weight excluding hydrogens is 172 g/mol. The van der Waals surface area contributed by atoms with Gasteiger partial charge in [0.1, 0.15) is 0 Å². The van der Waals surface area contributed by atoms with Gasteiger partial charge in [-0.1, -0.05) is 0 Å². The quantitative estimate of drug-likeness (QED) is 0.681. The van der Waals surface area contributed by atoms with E-state index in [9.17, 15) is 0 Å². The molecular formula is C9H8O4. The fourth-order valence-electron chi connectivity index (χ4n) is 1.13. The van der Waals surface area contributed by atoms with Crippen molar-refractivity contribution in [1.29, 1.82) is 0 Å². The highest BCUT2D eigenvalue weighted by Crippen LogP contribution is 2.44. The van der Waals surface area contributed by atoms with Crippen molar-refractivity contribution in [3.8, 4) is 23.0 Å². The van der Waals surface area contributed by atoms with E-state index in [1.807, 2.05) is 0 Å². The van der Waals surface area contributed by atoms with E-state index in [0.717, 1.165) is 0 Å². The van der Waals surface area contributed by atoms with Gasteiger partial charge in [-0.15, -0.1) is 0 Å². The normalized spacial score (nSPS) is 12.2. The zero-order valence-corrected chi connectivity index (χ0v) is 7.34. The Bertz CT molecular complexity index is 291. The average Bonchev–Trinajstić information content (AvgIpc) is 2.64. The predicted octanol–water partition coefficient (Wildman–Crippen LogP) is 1.03. The Balaban J connectivity index is 2.52. The molecule has 1 aromatic carbocycles. The van der Waals surface area contributed by atoms with Gasteiger partial charge in [-0.05, 0) is 12.1 Å². The van der Waals surface area contributed by atoms with Crippen LogP contribution >= 0.6 is 0 Å². The molecule has 13 heavy (non-hydrogen) atoms. The highest BCUT2D eigenvalue weighted by atomic mass is 16.7. The summed E-state index contributed by atoms with van der Waals surface area (Å²) in [5, 5.41) is 0. The van der Waals surface area contributed by atoms with E-state index in [1.165, 1.54) is 14.2 Å². The van der Waals surface area contributed by atoms with Crippen molar-refractivity contribution in [1.82, 2.24) is 0 Å². The summed E-state index contributed by atoms with van der Waals surface area (Å²) in [6.45, 7) is 0.174. The van der Waals surface area contributed by atoms with Gasteiger partial charge in [-0.3, -0.25) is 0 Å². The van der Waals surface area contributed by atoms with Crippen LogP contribution in [0.4, 0.5) is 0 Å². The number of ether oxygens (including phenoxy) is 4. The van der Waals surface area contributed by atoms with Crippen LogP contribution in [-0.2, 0) is 0 Å². The zero-order valence-electron chi connectivity index (χ0n) is 7.34. The largest absolute Gasteiger partial charge is 0.486 e. The molecule has 0 fully saturated rings. The molecule has 0 saturated carbocycles. The van der Waals surface area contributed by atoms with E-state index in [-0.39, 0.29) is 6.79 Å². The summed E-state index contributed by atoms with van der Waals surface area (Å²) < 4.78 is 20.4. The van der Waals surface area contributed by atoms with Crippen LogP contribution in [0.3, 0.4) is 0 Å². The van der Waals surface area contributed by atoms with E-state index in [0.29, 0.717) is 23.0 Å². The van der Waals surface area contributed by atoms with E-state index < -0.39 is 0 Å². The first-order valence-electron chi connectivity index (χ1n) is 3.71. The third kappa shape index (κ3) is 1.09. The number of rotatable bonds is 2. The van der Waals surface area contributed by atoms with Crippen LogP contribution in [0.15, 0.2) is 0 Å². The smallest absolute Gasteiger partial charge is 0.231 e. The standard InChI is InChI=1S/C9H8O4/c1-10-6-3-4-7(11-2)9-8(6)12-5-13-9/h5H2,1-2H3. The van der Waals surface area contributed by atoms with Crippen LogP contribution in [0.2, 0.25) is 0 Å². The van der Waals surface area contributed by atoms with Crippen molar-refractivity contribution in [2.24, 2.45) is 0 Å². The van der Waals surface area contributed by atoms with Gasteiger partial charge in [0.2, 0.25) is 29.8 Å². The van der Waals surface area contributed by atoms with E-state index in [2.05, 4.69) is 12.1 Å². The maximum absolute atomic E-state index is 5.18. The van der Waals surface area contributed by atoms with Gasteiger partial charge in [-0.25, -0.2) is 0 Å². The van der Waals surface area contributed by atoms with E-state index in [1.54, 1.807) is 0 Å². The monoisotopic (exact) mass is 180 g/mol. The maximum Gasteiger partial charge on any atom is 0.231 e. The minimum atomic E-state index is 0.174. The van der Waals surface area contributed by atoms with Crippen molar-refractivity contribution in [3.63, 3.8) is 0 Å². The number of hydrogen-bond acceptors (Lipinski definition) is 4. The Morgan fingerprint density at radius 3 is 1.85 bits per heavy atom. The van der Waals surface area contributed by atoms with Crippen LogP contribution in [0.25, 0.3) is 0 Å². The summed E-state index contributed by atoms with van der Waals surface area (Å²) in [6.07, 6.45) is 0. The molecule has 0 radical (unpaired) electrons. The predicted molar refractivity (Wildman–Crippen MR) is 43.3 cm³/mol. The van der Waals surface area contributed by atoms with Crippen LogP contribution < -0.4 is 18.9 Å². The first-order valence-corrected chi connectivity index (χ1v) is 3.71. The lowest BCUT2D eigenvalue weighted by Gasteiger charge is -2.02. The van der Waals surface area contributed by atoms with Gasteiger partial charge in [0, 0.05) is 0 Å². The molecule has 0 unspecified atom stereocenters. The summed E-state index contributed by atoms with van der Waals surface area (Å²) in [6, 6.07) is 5.52. The lowest BCUT2D eigenvalue weighted by molar-refractivity contribution is 0.168. The van der Waals surface area contributed by atoms with Crippen molar-refractivity contribution >= 4 is 0 Å². The molecule has 1 aromatic rings. The second-order valence-corrected chi connectivity index (χ2v) is 2.38. The van der Waals surface area contributed by atoms with E-state index >= 15 is 0 Å². The molecule has 1 aliphatic heterocycles. The first-order chi connectivity index (χ1) is 6.36. The van der Waals surface area contributed by atoms with Gasteiger partial charge in [-0.2, -0.15) is 0 Å². The van der Waals surface area contributed by atoms with E-state index in [4.69, 9.17) is 18.9 Å². The Morgan fingerprint density at radius 1 is 1.00 bits per heavy atom. The van der Waals surface area contributed by atoms with Crippen LogP contribution in [-0.4, -0.2) is 21.0 Å². The molecule has 0 saturated heterocycles. The molecule has 0 atom stereocenters. The summed E-state index contributed by atoms with van der Waals surface area (Å²) in [4.78, 5) is 0. The topological polar surface area (TPSA) is 36.9 Å². The Morgan fingerprint density at radius 2 is 1.46 bits per heavy atom. The number of hydrogen-bond donors (Lipinski definition) is 0. The summed E-state index contributed by atoms with van der Waals surface area (Å²) in [5.74, 6) is 2.01. The molecule has 1 aliphatic rings. The Kier molecular flexibility index (Phi) is 1.78. The van der Waals surface area contributed by atoms with Crippen molar-refractivity contribution in [2.75, 3.05) is 21.0 Å². The molecule has 0 aromatic heterocycles. The van der Waals surface area contributed by atoms with Crippen LogP contribution in [0.1, 0.15) is 0 Å². The second-order valence-electron chi connectivity index (χ2n) is 2.38. The van der Waals surface area contributed by atoms with Crippen molar-refractivity contribution < 1.29 is 18.9 Å². The highest BCUT2D eigenvalue weighted by Gasteiger charge is 2.23. The highest BCUT2D eigenvalue weighted by molar-refractivity contribution is 5.57. The van der Waals surface area contributed by atoms with Gasteiger partial charge in [0.05, 0.1) is 14.2 Å².